The Balaban J connectivity index is 2.70. The van der Waals surface area contributed by atoms with E-state index in [2.05, 4.69) is 30.3 Å². The van der Waals surface area contributed by atoms with Crippen LogP contribution >= 0.6 is 0 Å². The summed E-state index contributed by atoms with van der Waals surface area (Å²) in [5.41, 5.74) is 1.78. The molecule has 1 N–H and O–H groups in total. The largest absolute Gasteiger partial charge is 0.478 e. The first-order valence-electron chi connectivity index (χ1n) is 6.79. The summed E-state index contributed by atoms with van der Waals surface area (Å²) in [5, 5.41) is 9.22. The molecular formula is C15H20N2O2. The third-order valence-corrected chi connectivity index (χ3v) is 4.29. The molecule has 0 saturated heterocycles. The molecule has 19 heavy (non-hydrogen) atoms. The summed E-state index contributed by atoms with van der Waals surface area (Å²) in [7, 11) is 0. The number of hydrogen-bond donors (Lipinski definition) is 1. The van der Waals surface area contributed by atoms with Crippen molar-refractivity contribution in [2.45, 2.75) is 45.6 Å². The molecule has 0 aliphatic carbocycles. The Kier molecular flexibility index (Phi) is 3.60. The fourth-order valence-electron chi connectivity index (χ4n) is 2.85. The molecule has 0 unspecified atom stereocenters. The number of fused-ring (bicyclic) bond motifs is 1. The molecule has 1 aromatic carbocycles. The van der Waals surface area contributed by atoms with Crippen molar-refractivity contribution < 1.29 is 9.90 Å². The molecule has 0 amide bonds. The number of rotatable bonds is 5. The van der Waals surface area contributed by atoms with E-state index in [0.29, 0.717) is 5.52 Å². The molecular weight excluding hydrogens is 240 g/mol. The molecule has 4 nitrogen and oxygen atoms in total. The Morgan fingerprint density at radius 3 is 2.42 bits per heavy atom. The first-order valence-corrected chi connectivity index (χ1v) is 6.79. The topological polar surface area (TPSA) is 55.1 Å². The van der Waals surface area contributed by atoms with Crippen molar-refractivity contribution >= 4 is 17.0 Å². The van der Waals surface area contributed by atoms with Crippen LogP contribution in [0.4, 0.5) is 0 Å². The van der Waals surface area contributed by atoms with Gasteiger partial charge >= 0.3 is 5.97 Å². The van der Waals surface area contributed by atoms with E-state index in [4.69, 9.17) is 0 Å². The molecule has 2 aromatic rings. The second kappa shape index (κ2) is 5.03. The number of carboxylic acid groups (broad SMARTS) is 1. The zero-order valence-electron chi connectivity index (χ0n) is 11.7. The Morgan fingerprint density at radius 2 is 1.89 bits per heavy atom. The molecule has 1 heterocycles. The Hall–Kier alpha value is -1.84. The van der Waals surface area contributed by atoms with Crippen molar-refractivity contribution in [2.24, 2.45) is 0 Å². The van der Waals surface area contributed by atoms with Crippen molar-refractivity contribution in [3.8, 4) is 0 Å². The number of nitrogens with zero attached hydrogens (tertiary/aromatic N) is 2. The van der Waals surface area contributed by atoms with Crippen LogP contribution in [-0.2, 0) is 5.54 Å². The highest BCUT2D eigenvalue weighted by molar-refractivity contribution is 6.00. The van der Waals surface area contributed by atoms with Crippen LogP contribution in [-0.4, -0.2) is 20.6 Å². The van der Waals surface area contributed by atoms with Crippen LogP contribution in [0.1, 0.15) is 50.4 Å². The van der Waals surface area contributed by atoms with Gasteiger partial charge in [0, 0.05) is 5.54 Å². The van der Waals surface area contributed by atoms with E-state index >= 15 is 0 Å². The lowest BCUT2D eigenvalue weighted by molar-refractivity contribution is 0.0699. The maximum Gasteiger partial charge on any atom is 0.337 e. The van der Waals surface area contributed by atoms with E-state index in [1.807, 2.05) is 6.07 Å². The summed E-state index contributed by atoms with van der Waals surface area (Å²) in [6.45, 7) is 6.50. The van der Waals surface area contributed by atoms with Gasteiger partial charge in [-0.05, 0) is 31.4 Å². The van der Waals surface area contributed by atoms with Crippen molar-refractivity contribution in [2.75, 3.05) is 0 Å². The highest BCUT2D eigenvalue weighted by atomic mass is 16.4. The minimum Gasteiger partial charge on any atom is -0.478 e. The molecule has 0 saturated carbocycles. The molecule has 0 aliphatic heterocycles. The number of carboxylic acids is 1. The number of hydrogen-bond acceptors (Lipinski definition) is 2. The zero-order valence-corrected chi connectivity index (χ0v) is 11.7. The monoisotopic (exact) mass is 260 g/mol. The minimum absolute atomic E-state index is 0.0197. The zero-order chi connectivity index (χ0) is 14.0. The van der Waals surface area contributed by atoms with Crippen LogP contribution < -0.4 is 0 Å². The van der Waals surface area contributed by atoms with Gasteiger partial charge in [0.25, 0.3) is 0 Å². The van der Waals surface area contributed by atoms with Gasteiger partial charge in [0.1, 0.15) is 5.52 Å². The fourth-order valence-corrected chi connectivity index (χ4v) is 2.85. The number of carbonyl (C=O) groups is 1. The number of aromatic nitrogens is 2. The number of aromatic carboxylic acids is 1. The highest BCUT2D eigenvalue weighted by Gasteiger charge is 2.28. The van der Waals surface area contributed by atoms with Crippen LogP contribution in [0.3, 0.4) is 0 Å². The van der Waals surface area contributed by atoms with Gasteiger partial charge in [-0.1, -0.05) is 26.8 Å². The Bertz CT molecular complexity index is 589. The maximum absolute atomic E-state index is 11.2. The molecule has 0 spiro atoms. The molecule has 1 aromatic heterocycles. The molecule has 0 bridgehead atoms. The van der Waals surface area contributed by atoms with Gasteiger partial charge in [-0.25, -0.2) is 9.78 Å². The van der Waals surface area contributed by atoms with Gasteiger partial charge in [-0.3, -0.25) is 0 Å². The van der Waals surface area contributed by atoms with E-state index < -0.39 is 5.97 Å². The summed E-state index contributed by atoms with van der Waals surface area (Å²) >= 11 is 0. The quantitative estimate of drug-likeness (QED) is 0.892. The summed E-state index contributed by atoms with van der Waals surface area (Å²) in [5.74, 6) is -0.925. The van der Waals surface area contributed by atoms with Crippen LogP contribution in [0.25, 0.3) is 11.0 Å². The summed E-state index contributed by atoms with van der Waals surface area (Å²) in [6, 6.07) is 5.34. The van der Waals surface area contributed by atoms with Crippen molar-refractivity contribution in [3.63, 3.8) is 0 Å². The summed E-state index contributed by atoms with van der Waals surface area (Å²) in [4.78, 5) is 15.6. The highest BCUT2D eigenvalue weighted by Crippen LogP contribution is 2.33. The van der Waals surface area contributed by atoms with Gasteiger partial charge in [0.05, 0.1) is 17.4 Å². The minimum atomic E-state index is -0.925. The third-order valence-electron chi connectivity index (χ3n) is 4.29. The third kappa shape index (κ3) is 2.01. The van der Waals surface area contributed by atoms with Gasteiger partial charge in [-0.2, -0.15) is 0 Å². The Morgan fingerprint density at radius 1 is 1.26 bits per heavy atom. The molecule has 102 valence electrons. The van der Waals surface area contributed by atoms with Crippen LogP contribution in [0.15, 0.2) is 24.5 Å². The molecule has 4 heteroatoms. The van der Waals surface area contributed by atoms with Crippen LogP contribution in [0.2, 0.25) is 0 Å². The predicted octanol–water partition coefficient (Wildman–Crippen LogP) is 3.66. The SMILES string of the molecule is CCC(CC)(CC)n1cnc2c(C(=O)O)cccc21. The average molecular weight is 260 g/mol. The first-order chi connectivity index (χ1) is 9.09. The van der Waals surface area contributed by atoms with E-state index in [1.165, 1.54) is 0 Å². The maximum atomic E-state index is 11.2. The van der Waals surface area contributed by atoms with Gasteiger partial charge in [0.15, 0.2) is 0 Å². The molecule has 0 fully saturated rings. The van der Waals surface area contributed by atoms with Gasteiger partial charge < -0.3 is 9.67 Å². The average Bonchev–Trinajstić information content (AvgIpc) is 2.86. The molecule has 0 atom stereocenters. The first kappa shape index (κ1) is 13.6. The van der Waals surface area contributed by atoms with Crippen molar-refractivity contribution in [1.29, 1.82) is 0 Å². The van der Waals surface area contributed by atoms with Crippen LogP contribution in [0.5, 0.6) is 0 Å². The van der Waals surface area contributed by atoms with E-state index in [-0.39, 0.29) is 11.1 Å². The fraction of sp³-hybridized carbons (Fsp3) is 0.467. The second-order valence-corrected chi connectivity index (χ2v) is 4.88. The van der Waals surface area contributed by atoms with E-state index in [9.17, 15) is 9.90 Å². The smallest absolute Gasteiger partial charge is 0.337 e. The van der Waals surface area contributed by atoms with Gasteiger partial charge in [0.2, 0.25) is 0 Å². The summed E-state index contributed by atoms with van der Waals surface area (Å²) in [6.07, 6.45) is 4.79. The number of imidazole rings is 1. The van der Waals surface area contributed by atoms with Gasteiger partial charge in [-0.15, -0.1) is 0 Å². The number of para-hydroxylation sites is 1. The predicted molar refractivity (Wildman–Crippen MR) is 75.5 cm³/mol. The summed E-state index contributed by atoms with van der Waals surface area (Å²) < 4.78 is 2.15. The molecule has 2 rings (SSSR count). The van der Waals surface area contributed by atoms with Crippen molar-refractivity contribution in [3.05, 3.63) is 30.1 Å². The van der Waals surface area contributed by atoms with Crippen LogP contribution in [0, 0.1) is 0 Å². The molecule has 0 radical (unpaired) electrons. The lowest BCUT2D eigenvalue weighted by atomic mass is 9.89. The number of benzene rings is 1. The molecule has 0 aliphatic rings. The lowest BCUT2D eigenvalue weighted by Crippen LogP contribution is -2.30. The normalized spacial score (nSPS) is 11.9. The Labute approximate surface area is 113 Å². The van der Waals surface area contributed by atoms with Crippen molar-refractivity contribution in [1.82, 2.24) is 9.55 Å². The standard InChI is InChI=1S/C15H20N2O2/c1-4-15(5-2,6-3)17-10-16-13-11(14(18)19)8-7-9-12(13)17/h7-10H,4-6H2,1-3H3,(H,18,19). The lowest BCUT2D eigenvalue weighted by Gasteiger charge is -2.33. The van der Waals surface area contributed by atoms with E-state index in [1.54, 1.807) is 18.5 Å². The van der Waals surface area contributed by atoms with E-state index in [0.717, 1.165) is 24.8 Å². The second-order valence-electron chi connectivity index (χ2n) is 4.88.